The van der Waals surface area contributed by atoms with Gasteiger partial charge in [0.15, 0.2) is 0 Å². The largest absolute Gasteiger partial charge is 0.500 e. The molecule has 0 aromatic carbocycles. The van der Waals surface area contributed by atoms with E-state index < -0.39 is 8.80 Å². The Bertz CT molecular complexity index is 163. The number of nitrogens with one attached hydrogen (secondary N) is 1. The molecule has 1 N–H and O–H groups in total. The van der Waals surface area contributed by atoms with Crippen LogP contribution in [0, 0.1) is 5.92 Å². The molecule has 98 valence electrons. The summed E-state index contributed by atoms with van der Waals surface area (Å²) in [6.45, 7) is 11.5. The summed E-state index contributed by atoms with van der Waals surface area (Å²) in [5.41, 5.74) is 0. The highest BCUT2D eigenvalue weighted by Crippen LogP contribution is 2.20. The van der Waals surface area contributed by atoms with Crippen LogP contribution in [-0.4, -0.2) is 42.2 Å². The van der Waals surface area contributed by atoms with E-state index >= 15 is 0 Å². The van der Waals surface area contributed by atoms with Crippen molar-refractivity contribution in [2.75, 3.05) is 33.4 Å². The van der Waals surface area contributed by atoms with E-state index in [1.165, 1.54) is 0 Å². The first-order valence-electron chi connectivity index (χ1n) is 6.17. The molecule has 4 nitrogen and oxygen atoms in total. The number of rotatable bonds is 10. The summed E-state index contributed by atoms with van der Waals surface area (Å²) in [5, 5.41) is 3.33. The van der Waals surface area contributed by atoms with E-state index in [9.17, 15) is 0 Å². The highest BCUT2D eigenvalue weighted by Gasteiger charge is 2.40. The molecule has 0 amide bonds. The van der Waals surface area contributed by atoms with E-state index in [1.54, 1.807) is 7.11 Å². The zero-order valence-corrected chi connectivity index (χ0v) is 12.3. The lowest BCUT2D eigenvalue weighted by Crippen LogP contribution is -2.47. The third-order valence-corrected chi connectivity index (χ3v) is 5.66. The molecule has 0 aliphatic rings. The molecule has 0 fully saturated rings. The Morgan fingerprint density at radius 1 is 1.12 bits per heavy atom. The zero-order valence-electron chi connectivity index (χ0n) is 11.3. The third-order valence-electron chi connectivity index (χ3n) is 2.38. The molecule has 0 aromatic heterocycles. The van der Waals surface area contributed by atoms with E-state index in [4.69, 9.17) is 13.3 Å². The van der Waals surface area contributed by atoms with Crippen LogP contribution in [0.1, 0.15) is 27.7 Å². The fourth-order valence-electron chi connectivity index (χ4n) is 1.69. The van der Waals surface area contributed by atoms with Crippen LogP contribution in [0.4, 0.5) is 0 Å². The Labute approximate surface area is 101 Å². The summed E-state index contributed by atoms with van der Waals surface area (Å²) < 4.78 is 17.0. The van der Waals surface area contributed by atoms with Crippen molar-refractivity contribution in [3.05, 3.63) is 0 Å². The fourth-order valence-corrected chi connectivity index (χ4v) is 4.29. The topological polar surface area (TPSA) is 39.7 Å². The van der Waals surface area contributed by atoms with Gasteiger partial charge in [0.1, 0.15) is 0 Å². The van der Waals surface area contributed by atoms with Crippen LogP contribution in [-0.2, 0) is 13.3 Å². The van der Waals surface area contributed by atoms with Gasteiger partial charge in [-0.15, -0.1) is 0 Å². The molecule has 16 heavy (non-hydrogen) atoms. The van der Waals surface area contributed by atoms with Crippen LogP contribution >= 0.6 is 0 Å². The van der Waals surface area contributed by atoms with E-state index in [2.05, 4.69) is 19.2 Å². The second-order valence-electron chi connectivity index (χ2n) is 3.87. The fraction of sp³-hybridized carbons (Fsp3) is 1.00. The van der Waals surface area contributed by atoms with Gasteiger partial charge in [-0.2, -0.15) is 0 Å². The summed E-state index contributed by atoms with van der Waals surface area (Å²) in [7, 11) is -0.731. The monoisotopic (exact) mass is 249 g/mol. The number of hydrogen-bond acceptors (Lipinski definition) is 4. The van der Waals surface area contributed by atoms with Crippen molar-refractivity contribution in [3.8, 4) is 0 Å². The van der Waals surface area contributed by atoms with Gasteiger partial charge < -0.3 is 18.6 Å². The van der Waals surface area contributed by atoms with Gasteiger partial charge in [-0.25, -0.2) is 0 Å². The average molecular weight is 249 g/mol. The Kier molecular flexibility index (Phi) is 9.16. The molecule has 0 bridgehead atoms. The smallest absolute Gasteiger partial charge is 0.377 e. The van der Waals surface area contributed by atoms with Crippen molar-refractivity contribution in [2.45, 2.75) is 33.7 Å². The molecular weight excluding hydrogens is 222 g/mol. The van der Waals surface area contributed by atoms with E-state index in [1.807, 2.05) is 13.8 Å². The summed E-state index contributed by atoms with van der Waals surface area (Å²) >= 11 is 0. The van der Waals surface area contributed by atoms with Crippen molar-refractivity contribution in [3.63, 3.8) is 0 Å². The second-order valence-corrected chi connectivity index (χ2v) is 6.63. The van der Waals surface area contributed by atoms with Gasteiger partial charge in [0.25, 0.3) is 0 Å². The standard InChI is InChI=1S/C11H27NO3Si/c1-6-12-9-11(4)10-16(13-5,14-7-2)15-8-3/h11-12H,6-10H2,1-5H3. The Morgan fingerprint density at radius 2 is 1.69 bits per heavy atom. The lowest BCUT2D eigenvalue weighted by molar-refractivity contribution is 0.0827. The third kappa shape index (κ3) is 5.96. The van der Waals surface area contributed by atoms with Gasteiger partial charge in [0.2, 0.25) is 0 Å². The predicted molar refractivity (Wildman–Crippen MR) is 68.5 cm³/mol. The summed E-state index contributed by atoms with van der Waals surface area (Å²) in [4.78, 5) is 0. The van der Waals surface area contributed by atoms with Crippen molar-refractivity contribution in [1.82, 2.24) is 5.32 Å². The van der Waals surface area contributed by atoms with Gasteiger partial charge in [-0.05, 0) is 32.9 Å². The molecule has 0 aliphatic carbocycles. The highest BCUT2D eigenvalue weighted by atomic mass is 28.4. The van der Waals surface area contributed by atoms with Gasteiger partial charge in [0.05, 0.1) is 0 Å². The van der Waals surface area contributed by atoms with Crippen LogP contribution in [0.2, 0.25) is 6.04 Å². The van der Waals surface area contributed by atoms with Crippen molar-refractivity contribution >= 4 is 8.80 Å². The molecular formula is C11H27NO3Si. The van der Waals surface area contributed by atoms with Gasteiger partial charge in [-0.1, -0.05) is 13.8 Å². The molecule has 5 heteroatoms. The van der Waals surface area contributed by atoms with E-state index in [0.29, 0.717) is 19.1 Å². The highest BCUT2D eigenvalue weighted by molar-refractivity contribution is 6.60. The summed E-state index contributed by atoms with van der Waals surface area (Å²) in [6.07, 6.45) is 0. The second kappa shape index (κ2) is 9.12. The maximum Gasteiger partial charge on any atom is 0.500 e. The first-order chi connectivity index (χ1) is 7.64. The SMILES string of the molecule is CCNCC(C)C[Si](OC)(OCC)OCC. The van der Waals surface area contributed by atoms with E-state index in [-0.39, 0.29) is 0 Å². The van der Waals surface area contributed by atoms with E-state index in [0.717, 1.165) is 19.1 Å². The molecule has 0 saturated heterocycles. The summed E-state index contributed by atoms with van der Waals surface area (Å²) in [6, 6.07) is 0.873. The van der Waals surface area contributed by atoms with Crippen LogP contribution in [0.15, 0.2) is 0 Å². The van der Waals surface area contributed by atoms with Crippen molar-refractivity contribution < 1.29 is 13.3 Å². The average Bonchev–Trinajstić information content (AvgIpc) is 2.27. The predicted octanol–water partition coefficient (Wildman–Crippen LogP) is 1.89. The maximum absolute atomic E-state index is 5.74. The normalized spacial score (nSPS) is 14.1. The first kappa shape index (κ1) is 16.1. The van der Waals surface area contributed by atoms with Crippen LogP contribution < -0.4 is 5.32 Å². The van der Waals surface area contributed by atoms with Gasteiger partial charge >= 0.3 is 8.80 Å². The van der Waals surface area contributed by atoms with Crippen molar-refractivity contribution in [2.24, 2.45) is 5.92 Å². The van der Waals surface area contributed by atoms with Gasteiger partial charge in [0, 0.05) is 26.4 Å². The molecule has 1 unspecified atom stereocenters. The molecule has 0 saturated carbocycles. The molecule has 0 spiro atoms. The molecule has 0 rings (SSSR count). The maximum atomic E-state index is 5.74. The molecule has 0 aromatic rings. The molecule has 0 heterocycles. The Morgan fingerprint density at radius 3 is 2.06 bits per heavy atom. The lowest BCUT2D eigenvalue weighted by Gasteiger charge is -2.29. The minimum absolute atomic E-state index is 0.504. The van der Waals surface area contributed by atoms with Gasteiger partial charge in [-0.3, -0.25) is 0 Å². The first-order valence-corrected chi connectivity index (χ1v) is 8.11. The lowest BCUT2D eigenvalue weighted by atomic mass is 10.2. The molecule has 0 aliphatic heterocycles. The number of hydrogen-bond donors (Lipinski definition) is 1. The summed E-state index contributed by atoms with van der Waals surface area (Å²) in [5.74, 6) is 0.504. The Balaban J connectivity index is 4.26. The van der Waals surface area contributed by atoms with Crippen molar-refractivity contribution in [1.29, 1.82) is 0 Å². The van der Waals surface area contributed by atoms with Crippen LogP contribution in [0.25, 0.3) is 0 Å². The minimum atomic E-state index is -2.42. The molecule has 1 atom stereocenters. The zero-order chi connectivity index (χ0) is 12.4. The van der Waals surface area contributed by atoms with Crippen LogP contribution in [0.3, 0.4) is 0 Å². The Hall–Kier alpha value is 0.0569. The quantitative estimate of drug-likeness (QED) is 0.600. The van der Waals surface area contributed by atoms with Crippen LogP contribution in [0.5, 0.6) is 0 Å². The molecule has 0 radical (unpaired) electrons. The minimum Gasteiger partial charge on any atom is -0.377 e.